The third-order valence-corrected chi connectivity index (χ3v) is 3.12. The fourth-order valence-electron chi connectivity index (χ4n) is 1.99. The number of aromatic nitrogens is 2. The molecule has 0 saturated heterocycles. The quantitative estimate of drug-likeness (QED) is 0.875. The predicted octanol–water partition coefficient (Wildman–Crippen LogP) is 2.54. The van der Waals surface area contributed by atoms with Crippen molar-refractivity contribution in [2.24, 2.45) is 12.8 Å². The Labute approximate surface area is 102 Å². The minimum Gasteiger partial charge on any atom is -0.330 e. The standard InChI is InChI=1S/C14H19N3/c1-11(7-8-15)12-3-5-13(6-4-12)14-9-16-17(2)10-14/h3-6,9-11H,7-8,15H2,1-2H3. The van der Waals surface area contributed by atoms with Crippen LogP contribution in [0.15, 0.2) is 36.7 Å². The van der Waals surface area contributed by atoms with Crippen LogP contribution in [0, 0.1) is 0 Å². The smallest absolute Gasteiger partial charge is 0.0568 e. The summed E-state index contributed by atoms with van der Waals surface area (Å²) in [6, 6.07) is 8.67. The fourth-order valence-corrected chi connectivity index (χ4v) is 1.99. The summed E-state index contributed by atoms with van der Waals surface area (Å²) >= 11 is 0. The van der Waals surface area contributed by atoms with Crippen LogP contribution in [-0.4, -0.2) is 16.3 Å². The highest BCUT2D eigenvalue weighted by Crippen LogP contribution is 2.23. The van der Waals surface area contributed by atoms with Gasteiger partial charge in [-0.3, -0.25) is 4.68 Å². The second-order valence-corrected chi connectivity index (χ2v) is 4.50. The van der Waals surface area contributed by atoms with Gasteiger partial charge in [0.2, 0.25) is 0 Å². The number of benzene rings is 1. The molecule has 90 valence electrons. The second-order valence-electron chi connectivity index (χ2n) is 4.50. The molecule has 0 spiro atoms. The molecule has 0 amide bonds. The molecule has 2 aromatic rings. The van der Waals surface area contributed by atoms with Gasteiger partial charge in [-0.05, 0) is 30.0 Å². The van der Waals surface area contributed by atoms with Gasteiger partial charge >= 0.3 is 0 Å². The molecule has 2 N–H and O–H groups in total. The van der Waals surface area contributed by atoms with Gasteiger partial charge in [-0.25, -0.2) is 0 Å². The van der Waals surface area contributed by atoms with Crippen LogP contribution in [0.25, 0.3) is 11.1 Å². The first-order chi connectivity index (χ1) is 8.20. The van der Waals surface area contributed by atoms with E-state index in [2.05, 4.69) is 36.3 Å². The Morgan fingerprint density at radius 2 is 1.94 bits per heavy atom. The molecular weight excluding hydrogens is 210 g/mol. The largest absolute Gasteiger partial charge is 0.330 e. The lowest BCUT2D eigenvalue weighted by molar-refractivity contribution is 0.690. The van der Waals surface area contributed by atoms with E-state index in [1.165, 1.54) is 11.1 Å². The number of nitrogens with two attached hydrogens (primary N) is 1. The van der Waals surface area contributed by atoms with Crippen molar-refractivity contribution in [1.29, 1.82) is 0 Å². The number of nitrogens with zero attached hydrogens (tertiary/aromatic N) is 2. The third kappa shape index (κ3) is 2.74. The summed E-state index contributed by atoms with van der Waals surface area (Å²) in [5.74, 6) is 0.531. The first-order valence-electron chi connectivity index (χ1n) is 5.99. The molecule has 0 fully saturated rings. The van der Waals surface area contributed by atoms with Crippen LogP contribution < -0.4 is 5.73 Å². The molecule has 3 nitrogen and oxygen atoms in total. The normalized spacial score (nSPS) is 12.6. The van der Waals surface area contributed by atoms with E-state index in [0.717, 1.165) is 18.5 Å². The molecule has 0 aliphatic rings. The van der Waals surface area contributed by atoms with E-state index >= 15 is 0 Å². The van der Waals surface area contributed by atoms with Crippen molar-refractivity contribution in [3.05, 3.63) is 42.2 Å². The molecular formula is C14H19N3. The summed E-state index contributed by atoms with van der Waals surface area (Å²) in [6.07, 6.45) is 4.95. The summed E-state index contributed by atoms with van der Waals surface area (Å²) in [4.78, 5) is 0. The Kier molecular flexibility index (Phi) is 3.59. The molecule has 17 heavy (non-hydrogen) atoms. The maximum Gasteiger partial charge on any atom is 0.0568 e. The lowest BCUT2D eigenvalue weighted by Crippen LogP contribution is -2.04. The SMILES string of the molecule is CC(CCN)c1ccc(-c2cnn(C)c2)cc1. The van der Waals surface area contributed by atoms with Crippen LogP contribution in [0.4, 0.5) is 0 Å². The van der Waals surface area contributed by atoms with Crippen LogP contribution in [0.5, 0.6) is 0 Å². The monoisotopic (exact) mass is 229 g/mol. The van der Waals surface area contributed by atoms with E-state index in [4.69, 9.17) is 5.73 Å². The molecule has 0 radical (unpaired) electrons. The summed E-state index contributed by atoms with van der Waals surface area (Å²) in [5.41, 5.74) is 9.30. The lowest BCUT2D eigenvalue weighted by atomic mass is 9.96. The minimum absolute atomic E-state index is 0.531. The maximum absolute atomic E-state index is 5.58. The second kappa shape index (κ2) is 5.15. The number of hydrogen-bond donors (Lipinski definition) is 1. The van der Waals surface area contributed by atoms with Gasteiger partial charge in [0.15, 0.2) is 0 Å². The van der Waals surface area contributed by atoms with Crippen LogP contribution in [-0.2, 0) is 7.05 Å². The van der Waals surface area contributed by atoms with Crippen LogP contribution in [0.2, 0.25) is 0 Å². The number of rotatable bonds is 4. The Balaban J connectivity index is 2.18. The van der Waals surface area contributed by atoms with Gasteiger partial charge in [-0.1, -0.05) is 31.2 Å². The van der Waals surface area contributed by atoms with Crippen molar-refractivity contribution in [2.45, 2.75) is 19.3 Å². The van der Waals surface area contributed by atoms with E-state index in [1.54, 1.807) is 0 Å². The Morgan fingerprint density at radius 3 is 2.47 bits per heavy atom. The van der Waals surface area contributed by atoms with Crippen LogP contribution in [0.1, 0.15) is 24.8 Å². The first-order valence-corrected chi connectivity index (χ1v) is 5.99. The van der Waals surface area contributed by atoms with Crippen molar-refractivity contribution in [2.75, 3.05) is 6.54 Å². The highest BCUT2D eigenvalue weighted by molar-refractivity contribution is 5.62. The summed E-state index contributed by atoms with van der Waals surface area (Å²) in [5, 5.41) is 4.18. The van der Waals surface area contributed by atoms with Crippen molar-refractivity contribution in [1.82, 2.24) is 9.78 Å². The third-order valence-electron chi connectivity index (χ3n) is 3.12. The van der Waals surface area contributed by atoms with Crippen LogP contribution >= 0.6 is 0 Å². The van der Waals surface area contributed by atoms with Crippen molar-refractivity contribution in [3.63, 3.8) is 0 Å². The summed E-state index contributed by atoms with van der Waals surface area (Å²) < 4.78 is 1.82. The van der Waals surface area contributed by atoms with Crippen molar-refractivity contribution >= 4 is 0 Å². The van der Waals surface area contributed by atoms with Gasteiger partial charge in [-0.15, -0.1) is 0 Å². The molecule has 0 saturated carbocycles. The molecule has 1 aromatic heterocycles. The van der Waals surface area contributed by atoms with Gasteiger partial charge in [0.25, 0.3) is 0 Å². The molecule has 0 aliphatic heterocycles. The van der Waals surface area contributed by atoms with E-state index in [1.807, 2.05) is 24.1 Å². The van der Waals surface area contributed by atoms with Gasteiger partial charge < -0.3 is 5.73 Å². The molecule has 2 rings (SSSR count). The van der Waals surface area contributed by atoms with Crippen molar-refractivity contribution < 1.29 is 0 Å². The Morgan fingerprint density at radius 1 is 1.24 bits per heavy atom. The van der Waals surface area contributed by atoms with Crippen molar-refractivity contribution in [3.8, 4) is 11.1 Å². The number of hydrogen-bond acceptors (Lipinski definition) is 2. The van der Waals surface area contributed by atoms with E-state index in [9.17, 15) is 0 Å². The topological polar surface area (TPSA) is 43.8 Å². The highest BCUT2D eigenvalue weighted by atomic mass is 15.2. The summed E-state index contributed by atoms with van der Waals surface area (Å²) in [7, 11) is 1.93. The first kappa shape index (κ1) is 11.9. The molecule has 0 bridgehead atoms. The van der Waals surface area contributed by atoms with Gasteiger partial charge in [0.05, 0.1) is 6.20 Å². The minimum atomic E-state index is 0.531. The molecule has 1 unspecified atom stereocenters. The van der Waals surface area contributed by atoms with Gasteiger partial charge in [-0.2, -0.15) is 5.10 Å². The average molecular weight is 229 g/mol. The molecule has 0 aliphatic carbocycles. The zero-order chi connectivity index (χ0) is 12.3. The maximum atomic E-state index is 5.58. The average Bonchev–Trinajstić information content (AvgIpc) is 2.76. The molecule has 1 aromatic carbocycles. The van der Waals surface area contributed by atoms with Crippen LogP contribution in [0.3, 0.4) is 0 Å². The Hall–Kier alpha value is -1.61. The molecule has 3 heteroatoms. The van der Waals surface area contributed by atoms with E-state index in [-0.39, 0.29) is 0 Å². The van der Waals surface area contributed by atoms with Gasteiger partial charge in [0.1, 0.15) is 0 Å². The zero-order valence-electron chi connectivity index (χ0n) is 10.4. The molecule has 1 atom stereocenters. The lowest BCUT2D eigenvalue weighted by Gasteiger charge is -2.10. The molecule has 1 heterocycles. The van der Waals surface area contributed by atoms with E-state index in [0.29, 0.717) is 5.92 Å². The highest BCUT2D eigenvalue weighted by Gasteiger charge is 2.05. The predicted molar refractivity (Wildman–Crippen MR) is 70.7 cm³/mol. The van der Waals surface area contributed by atoms with E-state index < -0.39 is 0 Å². The number of aryl methyl sites for hydroxylation is 1. The van der Waals surface area contributed by atoms with Gasteiger partial charge in [0, 0.05) is 18.8 Å². The zero-order valence-corrected chi connectivity index (χ0v) is 10.4. The Bertz CT molecular complexity index is 470. The fraction of sp³-hybridized carbons (Fsp3) is 0.357. The summed E-state index contributed by atoms with van der Waals surface area (Å²) in [6.45, 7) is 2.96.